The van der Waals surface area contributed by atoms with Gasteiger partial charge in [0.2, 0.25) is 11.8 Å². The number of carboxylic acids is 1. The molecule has 1 N–H and O–H groups in total. The van der Waals surface area contributed by atoms with E-state index in [0.29, 0.717) is 25.9 Å². The van der Waals surface area contributed by atoms with Gasteiger partial charge < -0.3 is 14.9 Å². The van der Waals surface area contributed by atoms with E-state index in [2.05, 4.69) is 15.9 Å². The van der Waals surface area contributed by atoms with Gasteiger partial charge >= 0.3 is 5.97 Å². The fourth-order valence-corrected chi connectivity index (χ4v) is 3.68. The Kier molecular flexibility index (Phi) is 4.39. The van der Waals surface area contributed by atoms with Gasteiger partial charge in [-0.1, -0.05) is 22.0 Å². The van der Waals surface area contributed by atoms with E-state index >= 15 is 0 Å². The predicted molar refractivity (Wildman–Crippen MR) is 87.0 cm³/mol. The number of carbonyl (C=O) groups is 3. The van der Waals surface area contributed by atoms with Crippen molar-refractivity contribution in [3.05, 3.63) is 28.7 Å². The number of hydrogen-bond acceptors (Lipinski definition) is 3. The van der Waals surface area contributed by atoms with E-state index in [1.54, 1.807) is 4.90 Å². The van der Waals surface area contributed by atoms with Crippen LogP contribution in [0.4, 0.5) is 5.69 Å². The molecule has 122 valence electrons. The summed E-state index contributed by atoms with van der Waals surface area (Å²) in [6.45, 7) is 0.758. The van der Waals surface area contributed by atoms with E-state index in [1.165, 1.54) is 4.90 Å². The van der Waals surface area contributed by atoms with Crippen molar-refractivity contribution in [1.29, 1.82) is 0 Å². The Morgan fingerprint density at radius 3 is 2.78 bits per heavy atom. The molecule has 23 heavy (non-hydrogen) atoms. The zero-order valence-corrected chi connectivity index (χ0v) is 14.0. The van der Waals surface area contributed by atoms with Gasteiger partial charge in [0.1, 0.15) is 6.04 Å². The molecule has 2 heterocycles. The molecule has 0 aromatic heterocycles. The third-order valence-corrected chi connectivity index (χ3v) is 4.91. The number of likely N-dealkylation sites (tertiary alicyclic amines) is 1. The minimum Gasteiger partial charge on any atom is -0.480 e. The third kappa shape index (κ3) is 3.10. The molecule has 1 aromatic rings. The van der Waals surface area contributed by atoms with Crippen molar-refractivity contribution in [1.82, 2.24) is 4.90 Å². The van der Waals surface area contributed by atoms with Gasteiger partial charge in [-0.2, -0.15) is 0 Å². The minimum absolute atomic E-state index is 0.104. The normalized spacial score (nSPS) is 24.3. The maximum atomic E-state index is 12.6. The molecule has 7 heteroatoms. The molecule has 2 atom stereocenters. The molecule has 2 saturated heterocycles. The van der Waals surface area contributed by atoms with Crippen LogP contribution < -0.4 is 4.90 Å². The molecule has 0 saturated carbocycles. The van der Waals surface area contributed by atoms with E-state index in [9.17, 15) is 19.5 Å². The Hall–Kier alpha value is -1.89. The second kappa shape index (κ2) is 6.31. The summed E-state index contributed by atoms with van der Waals surface area (Å²) in [6, 6.07) is 6.61. The number of amides is 2. The molecule has 0 spiro atoms. The van der Waals surface area contributed by atoms with Gasteiger partial charge in [-0.15, -0.1) is 0 Å². The number of hydrogen-bond donors (Lipinski definition) is 1. The zero-order chi connectivity index (χ0) is 16.6. The molecule has 2 amide bonds. The minimum atomic E-state index is -0.969. The van der Waals surface area contributed by atoms with E-state index in [4.69, 9.17) is 0 Å². The maximum Gasteiger partial charge on any atom is 0.326 e. The van der Waals surface area contributed by atoms with Crippen LogP contribution in [0, 0.1) is 5.92 Å². The Morgan fingerprint density at radius 1 is 1.30 bits per heavy atom. The number of benzene rings is 1. The van der Waals surface area contributed by atoms with Crippen molar-refractivity contribution in [2.45, 2.75) is 25.3 Å². The first-order valence-corrected chi connectivity index (χ1v) is 8.36. The summed E-state index contributed by atoms with van der Waals surface area (Å²) < 4.78 is 0.864. The van der Waals surface area contributed by atoms with E-state index in [1.807, 2.05) is 24.3 Å². The van der Waals surface area contributed by atoms with Crippen LogP contribution in [-0.2, 0) is 14.4 Å². The molecule has 3 rings (SSSR count). The van der Waals surface area contributed by atoms with Crippen LogP contribution >= 0.6 is 15.9 Å². The first-order valence-electron chi connectivity index (χ1n) is 7.56. The lowest BCUT2D eigenvalue weighted by atomic mass is 10.1. The Bertz CT molecular complexity index is 663. The Morgan fingerprint density at radius 2 is 2.09 bits per heavy atom. The third-order valence-electron chi connectivity index (χ3n) is 4.42. The number of nitrogens with zero attached hydrogens (tertiary/aromatic N) is 2. The quantitative estimate of drug-likeness (QED) is 0.868. The Labute approximate surface area is 142 Å². The zero-order valence-electron chi connectivity index (χ0n) is 12.4. The lowest BCUT2D eigenvalue weighted by Gasteiger charge is -2.24. The molecule has 1 aromatic carbocycles. The van der Waals surface area contributed by atoms with Crippen LogP contribution in [0.3, 0.4) is 0 Å². The molecule has 1 unspecified atom stereocenters. The summed E-state index contributed by atoms with van der Waals surface area (Å²) in [7, 11) is 0. The second-order valence-electron chi connectivity index (χ2n) is 5.91. The standard InChI is InChI=1S/C16H17BrN2O4/c17-11-3-1-4-12(8-11)19-9-10(7-14(19)20)15(21)18-6-2-5-13(18)16(22)23/h1,3-4,8,10,13H,2,5-7,9H2,(H,22,23)/t10?,13-/m1/s1. The van der Waals surface area contributed by atoms with Crippen LogP contribution in [0.25, 0.3) is 0 Å². The van der Waals surface area contributed by atoms with Crippen LogP contribution in [0.2, 0.25) is 0 Å². The largest absolute Gasteiger partial charge is 0.480 e. The average Bonchev–Trinajstić information content (AvgIpc) is 3.13. The summed E-state index contributed by atoms with van der Waals surface area (Å²) in [5, 5.41) is 9.21. The first kappa shape index (κ1) is 16.0. The molecule has 2 aliphatic rings. The summed E-state index contributed by atoms with van der Waals surface area (Å²) in [5.41, 5.74) is 0.746. The van der Waals surface area contributed by atoms with Crippen molar-refractivity contribution in [2.24, 2.45) is 5.92 Å². The molecular weight excluding hydrogens is 364 g/mol. The summed E-state index contributed by atoms with van der Waals surface area (Å²) in [6.07, 6.45) is 1.31. The summed E-state index contributed by atoms with van der Waals surface area (Å²) in [4.78, 5) is 39.1. The molecule has 0 bridgehead atoms. The molecule has 0 radical (unpaired) electrons. The van der Waals surface area contributed by atoms with Crippen LogP contribution in [-0.4, -0.2) is 46.9 Å². The highest BCUT2D eigenvalue weighted by atomic mass is 79.9. The lowest BCUT2D eigenvalue weighted by molar-refractivity contribution is -0.149. The number of carboxylic acid groups (broad SMARTS) is 1. The molecular formula is C16H17BrN2O4. The fraction of sp³-hybridized carbons (Fsp3) is 0.438. The number of halogens is 1. The van der Waals surface area contributed by atoms with Gasteiger partial charge in [0.15, 0.2) is 0 Å². The molecule has 6 nitrogen and oxygen atoms in total. The maximum absolute atomic E-state index is 12.6. The second-order valence-corrected chi connectivity index (χ2v) is 6.83. The number of carbonyl (C=O) groups excluding carboxylic acids is 2. The molecule has 2 fully saturated rings. The summed E-state index contributed by atoms with van der Waals surface area (Å²) in [5.74, 6) is -1.77. The predicted octanol–water partition coefficient (Wildman–Crippen LogP) is 1.88. The van der Waals surface area contributed by atoms with Crippen molar-refractivity contribution in [3.63, 3.8) is 0 Å². The smallest absolute Gasteiger partial charge is 0.326 e. The van der Waals surface area contributed by atoms with Crippen molar-refractivity contribution in [2.75, 3.05) is 18.0 Å². The van der Waals surface area contributed by atoms with Crippen molar-refractivity contribution in [3.8, 4) is 0 Å². The van der Waals surface area contributed by atoms with Gasteiger partial charge in [0.25, 0.3) is 0 Å². The van der Waals surface area contributed by atoms with Crippen molar-refractivity contribution < 1.29 is 19.5 Å². The topological polar surface area (TPSA) is 77.9 Å². The van der Waals surface area contributed by atoms with E-state index in [0.717, 1.165) is 10.2 Å². The highest BCUT2D eigenvalue weighted by molar-refractivity contribution is 9.10. The highest BCUT2D eigenvalue weighted by Gasteiger charge is 2.42. The molecule has 0 aliphatic carbocycles. The Balaban J connectivity index is 1.74. The van der Waals surface area contributed by atoms with Gasteiger partial charge in [-0.05, 0) is 31.0 Å². The highest BCUT2D eigenvalue weighted by Crippen LogP contribution is 2.30. The number of rotatable bonds is 3. The van der Waals surface area contributed by atoms with Crippen LogP contribution in [0.1, 0.15) is 19.3 Å². The van der Waals surface area contributed by atoms with E-state index in [-0.39, 0.29) is 18.2 Å². The summed E-state index contributed by atoms with van der Waals surface area (Å²) >= 11 is 3.37. The fourth-order valence-electron chi connectivity index (χ4n) is 3.29. The monoisotopic (exact) mass is 380 g/mol. The van der Waals surface area contributed by atoms with Crippen LogP contribution in [0.15, 0.2) is 28.7 Å². The van der Waals surface area contributed by atoms with Gasteiger partial charge in [-0.25, -0.2) is 4.79 Å². The van der Waals surface area contributed by atoms with Gasteiger partial charge in [-0.3, -0.25) is 9.59 Å². The molecule has 2 aliphatic heterocycles. The average molecular weight is 381 g/mol. The van der Waals surface area contributed by atoms with Gasteiger partial charge in [0, 0.05) is 29.7 Å². The van der Waals surface area contributed by atoms with E-state index < -0.39 is 17.9 Å². The SMILES string of the molecule is O=C(O)[C@H]1CCCN1C(=O)C1CC(=O)N(c2cccc(Br)c2)C1. The van der Waals surface area contributed by atoms with Gasteiger partial charge in [0.05, 0.1) is 5.92 Å². The number of anilines is 1. The number of aliphatic carboxylic acids is 1. The van der Waals surface area contributed by atoms with Crippen molar-refractivity contribution >= 4 is 39.4 Å². The first-order chi connectivity index (χ1) is 11.0. The lowest BCUT2D eigenvalue weighted by Crippen LogP contribution is -2.44. The van der Waals surface area contributed by atoms with Crippen LogP contribution in [0.5, 0.6) is 0 Å².